The lowest BCUT2D eigenvalue weighted by Gasteiger charge is -2.21. The largest absolute Gasteiger partial charge is 0.492 e. The van der Waals surface area contributed by atoms with Crippen molar-refractivity contribution in [3.05, 3.63) is 59.2 Å². The molecule has 0 aromatic heterocycles. The number of nitrogens with zero attached hydrogens (tertiary/aromatic N) is 1. The van der Waals surface area contributed by atoms with Gasteiger partial charge in [-0.1, -0.05) is 30.3 Å². The van der Waals surface area contributed by atoms with Crippen molar-refractivity contribution < 1.29 is 13.2 Å². The zero-order valence-corrected chi connectivity index (χ0v) is 13.6. The van der Waals surface area contributed by atoms with Crippen molar-refractivity contribution in [3.63, 3.8) is 0 Å². The zero-order valence-electron chi connectivity index (χ0n) is 12.7. The van der Waals surface area contributed by atoms with E-state index >= 15 is 0 Å². The molecule has 22 heavy (non-hydrogen) atoms. The van der Waals surface area contributed by atoms with E-state index in [2.05, 4.69) is 0 Å². The van der Waals surface area contributed by atoms with Gasteiger partial charge in [0, 0.05) is 18.7 Å². The van der Waals surface area contributed by atoms with Crippen LogP contribution in [0.15, 0.2) is 47.4 Å². The molecule has 2 aromatic rings. The van der Waals surface area contributed by atoms with E-state index in [4.69, 9.17) is 4.74 Å². The average molecular weight is 317 g/mol. The molecule has 0 unspecified atom stereocenters. The molecule has 2 aromatic carbocycles. The van der Waals surface area contributed by atoms with Gasteiger partial charge in [0.15, 0.2) is 0 Å². The van der Waals surface area contributed by atoms with Gasteiger partial charge in [-0.3, -0.25) is 0 Å². The number of ether oxygens (including phenoxy) is 1. The summed E-state index contributed by atoms with van der Waals surface area (Å²) in [5.74, 6) is 0.765. The average Bonchev–Trinajstić information content (AvgIpc) is 2.72. The fourth-order valence-corrected chi connectivity index (χ4v) is 4.34. The minimum atomic E-state index is -3.53. The van der Waals surface area contributed by atoms with Crippen molar-refractivity contribution in [2.24, 2.45) is 0 Å². The molecule has 0 amide bonds. The van der Waals surface area contributed by atoms with Crippen LogP contribution in [0.1, 0.15) is 16.7 Å². The van der Waals surface area contributed by atoms with Crippen LogP contribution < -0.4 is 4.74 Å². The predicted molar refractivity (Wildman–Crippen MR) is 85.4 cm³/mol. The zero-order chi connectivity index (χ0) is 15.7. The normalized spacial score (nSPS) is 15.7. The summed E-state index contributed by atoms with van der Waals surface area (Å²) >= 11 is 0. The van der Waals surface area contributed by atoms with E-state index in [0.29, 0.717) is 24.6 Å². The molecule has 5 heteroatoms. The van der Waals surface area contributed by atoms with Crippen LogP contribution >= 0.6 is 0 Å². The second kappa shape index (κ2) is 5.74. The van der Waals surface area contributed by atoms with Gasteiger partial charge in [0.2, 0.25) is 10.0 Å². The summed E-state index contributed by atoms with van der Waals surface area (Å²) in [5, 5.41) is 0. The molecule has 1 aliphatic rings. The van der Waals surface area contributed by atoms with E-state index in [1.165, 1.54) is 4.31 Å². The smallest absolute Gasteiger partial charge is 0.243 e. The molecule has 0 atom stereocenters. The van der Waals surface area contributed by atoms with Crippen molar-refractivity contribution >= 4 is 10.0 Å². The molecule has 1 aliphatic heterocycles. The van der Waals surface area contributed by atoms with Crippen LogP contribution in [0.3, 0.4) is 0 Å². The Kier molecular flexibility index (Phi) is 3.93. The molecule has 0 saturated heterocycles. The molecule has 0 fully saturated rings. The fraction of sp³-hybridized carbons (Fsp3) is 0.294. The number of hydrogen-bond acceptors (Lipinski definition) is 3. The molecule has 0 saturated carbocycles. The van der Waals surface area contributed by atoms with Crippen LogP contribution in [0.25, 0.3) is 0 Å². The number of hydrogen-bond donors (Lipinski definition) is 0. The van der Waals surface area contributed by atoms with Crippen LogP contribution in [0.4, 0.5) is 0 Å². The van der Waals surface area contributed by atoms with E-state index in [-0.39, 0.29) is 0 Å². The highest BCUT2D eigenvalue weighted by Crippen LogP contribution is 2.27. The number of benzene rings is 2. The van der Waals surface area contributed by atoms with Crippen LogP contribution in [-0.4, -0.2) is 25.9 Å². The van der Waals surface area contributed by atoms with Crippen LogP contribution in [0.5, 0.6) is 5.75 Å². The first-order valence-corrected chi connectivity index (χ1v) is 8.70. The fourth-order valence-electron chi connectivity index (χ4n) is 2.63. The minimum Gasteiger partial charge on any atom is -0.492 e. The monoisotopic (exact) mass is 317 g/mol. The van der Waals surface area contributed by atoms with Crippen LogP contribution in [-0.2, 0) is 16.6 Å². The summed E-state index contributed by atoms with van der Waals surface area (Å²) in [6.45, 7) is 4.78. The van der Waals surface area contributed by atoms with Crippen molar-refractivity contribution in [1.29, 1.82) is 0 Å². The Labute approximate surface area is 131 Å². The lowest BCUT2D eigenvalue weighted by Crippen LogP contribution is -2.33. The summed E-state index contributed by atoms with van der Waals surface area (Å²) in [6.07, 6.45) is 0. The van der Waals surface area contributed by atoms with Crippen molar-refractivity contribution in [3.8, 4) is 5.75 Å². The van der Waals surface area contributed by atoms with Gasteiger partial charge in [0.05, 0.1) is 4.90 Å². The van der Waals surface area contributed by atoms with Gasteiger partial charge >= 0.3 is 0 Å². The molecule has 116 valence electrons. The SMILES string of the molecule is Cc1ccc(C)c(S(=O)(=O)N2CCOc3ccccc3C2)c1. The first kappa shape index (κ1) is 15.1. The van der Waals surface area contributed by atoms with Crippen molar-refractivity contribution in [1.82, 2.24) is 4.31 Å². The second-order valence-corrected chi connectivity index (χ2v) is 7.47. The molecule has 0 N–H and O–H groups in total. The Balaban J connectivity index is 2.01. The van der Waals surface area contributed by atoms with E-state index in [0.717, 1.165) is 22.4 Å². The molecular formula is C17H19NO3S. The maximum absolute atomic E-state index is 13.0. The van der Waals surface area contributed by atoms with Gasteiger partial charge in [-0.15, -0.1) is 0 Å². The van der Waals surface area contributed by atoms with Crippen molar-refractivity contribution in [2.45, 2.75) is 25.3 Å². The summed E-state index contributed by atoms with van der Waals surface area (Å²) in [5.41, 5.74) is 2.61. The number of sulfonamides is 1. The van der Waals surface area contributed by atoms with Gasteiger partial charge in [-0.2, -0.15) is 4.31 Å². The molecule has 0 radical (unpaired) electrons. The molecular weight excluding hydrogens is 298 g/mol. The third-order valence-electron chi connectivity index (χ3n) is 3.88. The summed E-state index contributed by atoms with van der Waals surface area (Å²) in [7, 11) is -3.53. The molecule has 3 rings (SSSR count). The highest BCUT2D eigenvalue weighted by Gasteiger charge is 2.28. The van der Waals surface area contributed by atoms with Crippen LogP contribution in [0.2, 0.25) is 0 Å². The van der Waals surface area contributed by atoms with E-state index in [1.54, 1.807) is 6.07 Å². The first-order valence-electron chi connectivity index (χ1n) is 7.26. The summed E-state index contributed by atoms with van der Waals surface area (Å²) < 4.78 is 33.1. The quantitative estimate of drug-likeness (QED) is 0.855. The molecule has 0 spiro atoms. The maximum atomic E-state index is 13.0. The topological polar surface area (TPSA) is 46.6 Å². The van der Waals surface area contributed by atoms with Crippen LogP contribution in [0, 0.1) is 13.8 Å². The number of rotatable bonds is 2. The standard InChI is InChI=1S/C17H19NO3S/c1-13-7-8-14(2)17(11-13)22(19,20)18-9-10-21-16-6-4-3-5-15(16)12-18/h3-8,11H,9-10,12H2,1-2H3. The third-order valence-corrected chi connectivity index (χ3v) is 5.87. The number of para-hydroxylation sites is 1. The third kappa shape index (κ3) is 2.74. The highest BCUT2D eigenvalue weighted by atomic mass is 32.2. The molecule has 4 nitrogen and oxygen atoms in total. The van der Waals surface area contributed by atoms with E-state index in [1.807, 2.05) is 50.2 Å². The number of fused-ring (bicyclic) bond motifs is 1. The summed E-state index contributed by atoms with van der Waals surface area (Å²) in [6, 6.07) is 13.1. The minimum absolute atomic E-state index is 0.339. The Morgan fingerprint density at radius 1 is 1.09 bits per heavy atom. The molecule has 1 heterocycles. The van der Waals surface area contributed by atoms with Crippen molar-refractivity contribution in [2.75, 3.05) is 13.2 Å². The predicted octanol–water partition coefficient (Wildman–Crippen LogP) is 2.89. The van der Waals surface area contributed by atoms with E-state index in [9.17, 15) is 8.42 Å². The highest BCUT2D eigenvalue weighted by molar-refractivity contribution is 7.89. The summed E-state index contributed by atoms with van der Waals surface area (Å²) in [4.78, 5) is 0.381. The maximum Gasteiger partial charge on any atom is 0.243 e. The Bertz CT molecular complexity index is 799. The Morgan fingerprint density at radius 3 is 2.68 bits per heavy atom. The van der Waals surface area contributed by atoms with Gasteiger partial charge < -0.3 is 4.74 Å². The number of aryl methyl sites for hydroxylation is 2. The lowest BCUT2D eigenvalue weighted by molar-refractivity contribution is 0.293. The Hall–Kier alpha value is -1.85. The Morgan fingerprint density at radius 2 is 1.86 bits per heavy atom. The molecule has 0 bridgehead atoms. The first-order chi connectivity index (χ1) is 10.5. The van der Waals surface area contributed by atoms with Gasteiger partial charge in [-0.05, 0) is 37.1 Å². The van der Waals surface area contributed by atoms with Gasteiger partial charge in [0.1, 0.15) is 12.4 Å². The van der Waals surface area contributed by atoms with Gasteiger partial charge in [0.25, 0.3) is 0 Å². The second-order valence-electron chi connectivity index (χ2n) is 5.56. The lowest BCUT2D eigenvalue weighted by atomic mass is 10.2. The van der Waals surface area contributed by atoms with Gasteiger partial charge in [-0.25, -0.2) is 8.42 Å². The van der Waals surface area contributed by atoms with E-state index < -0.39 is 10.0 Å². The molecule has 0 aliphatic carbocycles.